The zero-order valence-corrected chi connectivity index (χ0v) is 9.10. The molecule has 0 aliphatic carbocycles. The van der Waals surface area contributed by atoms with E-state index in [-0.39, 0.29) is 6.61 Å². The van der Waals surface area contributed by atoms with Crippen LogP contribution in [0.25, 0.3) is 0 Å². The Hall–Kier alpha value is -0.910. The Morgan fingerprint density at radius 1 is 1.43 bits per heavy atom. The predicted molar refractivity (Wildman–Crippen MR) is 62.2 cm³/mol. The Morgan fingerprint density at radius 2 is 2.29 bits per heavy atom. The molecule has 0 bridgehead atoms. The highest BCUT2D eigenvalue weighted by Gasteiger charge is 1.93. The minimum Gasteiger partial charge on any atom is -0.384 e. The van der Waals surface area contributed by atoms with Crippen molar-refractivity contribution in [3.05, 3.63) is 35.4 Å². The van der Waals surface area contributed by atoms with Crippen LogP contribution >= 0.6 is 11.8 Å². The van der Waals surface area contributed by atoms with Crippen LogP contribution < -0.4 is 0 Å². The van der Waals surface area contributed by atoms with Gasteiger partial charge in [0.1, 0.15) is 6.61 Å². The van der Waals surface area contributed by atoms with Crippen LogP contribution in [0.2, 0.25) is 0 Å². The molecule has 0 unspecified atom stereocenters. The van der Waals surface area contributed by atoms with Gasteiger partial charge in [0.05, 0.1) is 0 Å². The molecule has 0 spiro atoms. The van der Waals surface area contributed by atoms with Crippen LogP contribution in [0.1, 0.15) is 18.1 Å². The third-order valence-corrected chi connectivity index (χ3v) is 2.66. The minimum absolute atomic E-state index is 0.0755. The topological polar surface area (TPSA) is 20.2 Å². The number of hydrogen-bond acceptors (Lipinski definition) is 2. The second-order valence-corrected chi connectivity index (χ2v) is 4.07. The smallest absolute Gasteiger partial charge is 0.104 e. The summed E-state index contributed by atoms with van der Waals surface area (Å²) in [4.78, 5) is 0. The Morgan fingerprint density at radius 3 is 3.00 bits per heavy atom. The number of thioether (sulfide) groups is 1. The van der Waals surface area contributed by atoms with E-state index in [2.05, 4.69) is 30.9 Å². The first-order chi connectivity index (χ1) is 6.86. The SMILES string of the molecule is CCSCc1cccc(C#CCO)c1. The monoisotopic (exact) mass is 206 g/mol. The maximum atomic E-state index is 8.56. The number of benzene rings is 1. The highest BCUT2D eigenvalue weighted by atomic mass is 32.2. The molecular formula is C12H14OS. The van der Waals surface area contributed by atoms with Gasteiger partial charge in [0.2, 0.25) is 0 Å². The lowest BCUT2D eigenvalue weighted by atomic mass is 10.1. The average Bonchev–Trinajstić information content (AvgIpc) is 2.24. The molecule has 1 nitrogen and oxygen atoms in total. The standard InChI is InChI=1S/C12H14OS/c1-2-14-10-12-6-3-5-11(9-12)7-4-8-13/h3,5-6,9,13H,2,8,10H2,1H3. The van der Waals surface area contributed by atoms with Crippen LogP contribution in [0.15, 0.2) is 24.3 Å². The van der Waals surface area contributed by atoms with E-state index in [0.717, 1.165) is 17.1 Å². The molecule has 14 heavy (non-hydrogen) atoms. The van der Waals surface area contributed by atoms with Crippen molar-refractivity contribution in [2.24, 2.45) is 0 Å². The number of aliphatic hydroxyl groups is 1. The van der Waals surface area contributed by atoms with Crippen molar-refractivity contribution in [1.82, 2.24) is 0 Å². The van der Waals surface area contributed by atoms with E-state index in [9.17, 15) is 0 Å². The van der Waals surface area contributed by atoms with Crippen LogP contribution in [0.4, 0.5) is 0 Å². The molecule has 0 saturated carbocycles. The van der Waals surface area contributed by atoms with Crippen LogP contribution in [-0.2, 0) is 5.75 Å². The van der Waals surface area contributed by atoms with Crippen molar-refractivity contribution in [2.45, 2.75) is 12.7 Å². The summed E-state index contributed by atoms with van der Waals surface area (Å²) in [5, 5.41) is 8.56. The molecule has 2 heteroatoms. The largest absolute Gasteiger partial charge is 0.384 e. The average molecular weight is 206 g/mol. The van der Waals surface area contributed by atoms with Crippen LogP contribution in [0.5, 0.6) is 0 Å². The molecule has 0 amide bonds. The summed E-state index contributed by atoms with van der Waals surface area (Å²) in [6, 6.07) is 8.15. The summed E-state index contributed by atoms with van der Waals surface area (Å²) in [6.07, 6.45) is 0. The maximum absolute atomic E-state index is 8.56. The summed E-state index contributed by atoms with van der Waals surface area (Å²) in [6.45, 7) is 2.08. The molecule has 1 aromatic carbocycles. The third kappa shape index (κ3) is 3.87. The van der Waals surface area contributed by atoms with Gasteiger partial charge in [-0.25, -0.2) is 0 Å². The summed E-state index contributed by atoms with van der Waals surface area (Å²) in [7, 11) is 0. The molecule has 0 fully saturated rings. The van der Waals surface area contributed by atoms with E-state index >= 15 is 0 Å². The number of rotatable bonds is 3. The fourth-order valence-electron chi connectivity index (χ4n) is 1.10. The molecule has 0 radical (unpaired) electrons. The lowest BCUT2D eigenvalue weighted by Crippen LogP contribution is -1.83. The lowest BCUT2D eigenvalue weighted by Gasteiger charge is -1.99. The van der Waals surface area contributed by atoms with E-state index in [1.165, 1.54) is 5.56 Å². The van der Waals surface area contributed by atoms with Crippen molar-refractivity contribution in [3.8, 4) is 11.8 Å². The molecule has 0 saturated heterocycles. The van der Waals surface area contributed by atoms with Crippen molar-refractivity contribution >= 4 is 11.8 Å². The predicted octanol–water partition coefficient (Wildman–Crippen LogP) is 2.28. The number of hydrogen-bond donors (Lipinski definition) is 1. The number of aliphatic hydroxyl groups excluding tert-OH is 1. The summed E-state index contributed by atoms with van der Waals surface area (Å²) < 4.78 is 0. The first-order valence-electron chi connectivity index (χ1n) is 4.63. The molecule has 74 valence electrons. The molecule has 0 aliphatic heterocycles. The van der Waals surface area contributed by atoms with E-state index in [1.54, 1.807) is 0 Å². The first-order valence-corrected chi connectivity index (χ1v) is 5.78. The van der Waals surface area contributed by atoms with Gasteiger partial charge in [-0.3, -0.25) is 0 Å². The van der Waals surface area contributed by atoms with Crippen LogP contribution in [0, 0.1) is 11.8 Å². The van der Waals surface area contributed by atoms with Crippen LogP contribution in [0.3, 0.4) is 0 Å². The van der Waals surface area contributed by atoms with Gasteiger partial charge < -0.3 is 5.11 Å². The zero-order valence-electron chi connectivity index (χ0n) is 8.29. The van der Waals surface area contributed by atoms with Crippen molar-refractivity contribution in [2.75, 3.05) is 12.4 Å². The molecule has 0 atom stereocenters. The summed E-state index contributed by atoms with van der Waals surface area (Å²) >= 11 is 1.90. The van der Waals surface area contributed by atoms with Gasteiger partial charge in [-0.15, -0.1) is 0 Å². The highest BCUT2D eigenvalue weighted by Crippen LogP contribution is 2.12. The summed E-state index contributed by atoms with van der Waals surface area (Å²) in [5.74, 6) is 7.71. The quantitative estimate of drug-likeness (QED) is 0.766. The van der Waals surface area contributed by atoms with E-state index in [4.69, 9.17) is 5.11 Å². The van der Waals surface area contributed by atoms with Gasteiger partial charge in [0.15, 0.2) is 0 Å². The fourth-order valence-corrected chi connectivity index (χ4v) is 1.72. The lowest BCUT2D eigenvalue weighted by molar-refractivity contribution is 0.350. The normalized spacial score (nSPS) is 9.29. The van der Waals surface area contributed by atoms with Gasteiger partial charge in [-0.05, 0) is 23.4 Å². The maximum Gasteiger partial charge on any atom is 0.104 e. The van der Waals surface area contributed by atoms with Gasteiger partial charge in [-0.1, -0.05) is 30.9 Å². The van der Waals surface area contributed by atoms with Crippen molar-refractivity contribution in [3.63, 3.8) is 0 Å². The molecule has 0 aromatic heterocycles. The Labute approximate surface area is 89.5 Å². The highest BCUT2D eigenvalue weighted by molar-refractivity contribution is 7.98. The zero-order chi connectivity index (χ0) is 10.2. The second kappa shape index (κ2) is 6.53. The molecule has 1 rings (SSSR count). The fraction of sp³-hybridized carbons (Fsp3) is 0.333. The molecule has 1 N–H and O–H groups in total. The molecule has 0 heterocycles. The third-order valence-electron chi connectivity index (χ3n) is 1.71. The molecule has 1 aromatic rings. The minimum atomic E-state index is -0.0755. The summed E-state index contributed by atoms with van der Waals surface area (Å²) in [5.41, 5.74) is 2.27. The van der Waals surface area contributed by atoms with Crippen molar-refractivity contribution in [1.29, 1.82) is 0 Å². The van der Waals surface area contributed by atoms with E-state index in [0.29, 0.717) is 0 Å². The van der Waals surface area contributed by atoms with Gasteiger partial charge in [-0.2, -0.15) is 11.8 Å². The van der Waals surface area contributed by atoms with Gasteiger partial charge >= 0.3 is 0 Å². The van der Waals surface area contributed by atoms with Gasteiger partial charge in [0, 0.05) is 11.3 Å². The Kier molecular flexibility index (Phi) is 5.21. The van der Waals surface area contributed by atoms with E-state index in [1.807, 2.05) is 23.9 Å². The molecular weight excluding hydrogens is 192 g/mol. The van der Waals surface area contributed by atoms with E-state index < -0.39 is 0 Å². The first kappa shape index (κ1) is 11.2. The Balaban J connectivity index is 2.68. The Bertz CT molecular complexity index is 336. The molecule has 0 aliphatic rings. The van der Waals surface area contributed by atoms with Gasteiger partial charge in [0.25, 0.3) is 0 Å². The second-order valence-electron chi connectivity index (χ2n) is 2.80. The van der Waals surface area contributed by atoms with Crippen molar-refractivity contribution < 1.29 is 5.11 Å². The van der Waals surface area contributed by atoms with Crippen LogP contribution in [-0.4, -0.2) is 17.5 Å².